The molecule has 5 rings (SSSR count). The molecule has 7 heteroatoms. The average Bonchev–Trinajstić information content (AvgIpc) is 3.23. The van der Waals surface area contributed by atoms with Crippen molar-refractivity contribution in [1.29, 1.82) is 0 Å². The monoisotopic (exact) mass is 464 g/mol. The first-order valence-electron chi connectivity index (χ1n) is 8.64. The zero-order chi connectivity index (χ0) is 18.2. The molecule has 6 nitrogen and oxygen atoms in total. The number of allylic oxidation sites excluding steroid dienone is 2. The Morgan fingerprint density at radius 1 is 1.23 bits per heavy atom. The lowest BCUT2D eigenvalue weighted by Gasteiger charge is -2.18. The Balaban J connectivity index is 1.43. The molecular formula is C19H17IN2O4. The van der Waals surface area contributed by atoms with Gasteiger partial charge in [-0.2, -0.15) is 10.1 Å². The van der Waals surface area contributed by atoms with Crippen molar-refractivity contribution < 1.29 is 19.4 Å². The van der Waals surface area contributed by atoms with Gasteiger partial charge in [-0.3, -0.25) is 9.59 Å². The predicted octanol–water partition coefficient (Wildman–Crippen LogP) is 2.54. The average molecular weight is 464 g/mol. The SMILES string of the molecule is COc1cc(/C=N\N2C(=O)[C@H]3[C@H](C2=O)[C@H]2C=C[C@H]3C23CC3)cc(I)c1O. The second-order valence-electron chi connectivity index (χ2n) is 7.51. The van der Waals surface area contributed by atoms with E-state index in [0.717, 1.165) is 17.9 Å². The Hall–Kier alpha value is -1.90. The van der Waals surface area contributed by atoms with Crippen molar-refractivity contribution in [3.05, 3.63) is 33.4 Å². The fourth-order valence-electron chi connectivity index (χ4n) is 5.12. The standard InChI is InChI=1S/C19H17IN2O4/c1-26-13-7-9(6-12(20)16(13)23)8-21-22-17(24)14-10-2-3-11(15(14)18(22)25)19(10)4-5-19/h2-3,6-8,10-11,14-15,23H,4-5H2,1H3/b21-8-/t10-,11-,14-,15-/m1/s1. The van der Waals surface area contributed by atoms with Gasteiger partial charge in [0.25, 0.3) is 11.8 Å². The lowest BCUT2D eigenvalue weighted by atomic mass is 9.85. The van der Waals surface area contributed by atoms with E-state index < -0.39 is 0 Å². The largest absolute Gasteiger partial charge is 0.504 e. The van der Waals surface area contributed by atoms with Crippen LogP contribution < -0.4 is 4.74 Å². The molecule has 1 N–H and O–H groups in total. The van der Waals surface area contributed by atoms with Crippen LogP contribution in [-0.4, -0.2) is 35.3 Å². The second-order valence-corrected chi connectivity index (χ2v) is 8.67. The van der Waals surface area contributed by atoms with Gasteiger partial charge < -0.3 is 9.84 Å². The molecule has 3 aliphatic carbocycles. The van der Waals surface area contributed by atoms with E-state index in [1.165, 1.54) is 13.3 Å². The molecule has 2 amide bonds. The molecule has 3 fully saturated rings. The molecule has 1 aromatic rings. The quantitative estimate of drug-likeness (QED) is 0.323. The number of hydrogen-bond acceptors (Lipinski definition) is 5. The number of aromatic hydroxyl groups is 1. The van der Waals surface area contributed by atoms with Crippen LogP contribution in [0.3, 0.4) is 0 Å². The molecule has 1 spiro atoms. The van der Waals surface area contributed by atoms with Gasteiger partial charge in [0.05, 0.1) is 28.7 Å². The highest BCUT2D eigenvalue weighted by Crippen LogP contribution is 2.73. The molecule has 1 aliphatic heterocycles. The molecule has 1 aromatic carbocycles. The Morgan fingerprint density at radius 2 is 1.85 bits per heavy atom. The van der Waals surface area contributed by atoms with Gasteiger partial charge >= 0.3 is 0 Å². The van der Waals surface area contributed by atoms with Gasteiger partial charge in [-0.05, 0) is 70.4 Å². The fourth-order valence-corrected chi connectivity index (χ4v) is 5.75. The van der Waals surface area contributed by atoms with Crippen molar-refractivity contribution in [1.82, 2.24) is 5.01 Å². The number of imide groups is 1. The molecule has 134 valence electrons. The molecule has 2 saturated carbocycles. The number of benzene rings is 1. The van der Waals surface area contributed by atoms with E-state index >= 15 is 0 Å². The van der Waals surface area contributed by atoms with Gasteiger partial charge in [-0.15, -0.1) is 0 Å². The van der Waals surface area contributed by atoms with E-state index in [0.29, 0.717) is 14.9 Å². The van der Waals surface area contributed by atoms with E-state index in [4.69, 9.17) is 4.74 Å². The first kappa shape index (κ1) is 16.3. The first-order valence-corrected chi connectivity index (χ1v) is 9.72. The van der Waals surface area contributed by atoms with Gasteiger partial charge in [-0.25, -0.2) is 0 Å². The number of carbonyl (C=O) groups is 2. The number of carbonyl (C=O) groups excluding carboxylic acids is 2. The van der Waals surface area contributed by atoms with Crippen LogP contribution in [0.2, 0.25) is 0 Å². The third-order valence-corrected chi connectivity index (χ3v) is 7.24. The summed E-state index contributed by atoms with van der Waals surface area (Å²) in [5, 5.41) is 15.1. The van der Waals surface area contributed by atoms with Crippen molar-refractivity contribution in [2.75, 3.05) is 7.11 Å². The van der Waals surface area contributed by atoms with Crippen molar-refractivity contribution in [3.63, 3.8) is 0 Å². The van der Waals surface area contributed by atoms with Crippen LogP contribution in [0.25, 0.3) is 0 Å². The third-order valence-electron chi connectivity index (χ3n) is 6.42. The second kappa shape index (κ2) is 5.31. The molecule has 26 heavy (non-hydrogen) atoms. The molecule has 0 radical (unpaired) electrons. The Bertz CT molecular complexity index is 871. The van der Waals surface area contributed by atoms with Crippen LogP contribution in [-0.2, 0) is 9.59 Å². The van der Waals surface area contributed by atoms with Gasteiger partial charge in [0.2, 0.25) is 0 Å². The van der Waals surface area contributed by atoms with Gasteiger partial charge in [0.15, 0.2) is 11.5 Å². The van der Waals surface area contributed by atoms with Gasteiger partial charge in [0, 0.05) is 0 Å². The van der Waals surface area contributed by atoms with Crippen LogP contribution in [0.15, 0.2) is 29.4 Å². The van der Waals surface area contributed by atoms with E-state index in [2.05, 4.69) is 17.3 Å². The lowest BCUT2D eigenvalue weighted by molar-refractivity contribution is -0.141. The van der Waals surface area contributed by atoms with Crippen molar-refractivity contribution in [2.45, 2.75) is 12.8 Å². The van der Waals surface area contributed by atoms with Crippen LogP contribution in [0, 0.1) is 32.7 Å². The first-order chi connectivity index (χ1) is 12.5. The summed E-state index contributed by atoms with van der Waals surface area (Å²) in [6, 6.07) is 3.34. The number of hydrogen-bond donors (Lipinski definition) is 1. The van der Waals surface area contributed by atoms with Crippen molar-refractivity contribution >= 4 is 40.6 Å². The summed E-state index contributed by atoms with van der Waals surface area (Å²) in [5.41, 5.74) is 0.846. The number of fused-ring (bicyclic) bond motifs is 3. The summed E-state index contributed by atoms with van der Waals surface area (Å²) in [6.07, 6.45) is 8.01. The lowest BCUT2D eigenvalue weighted by Crippen LogP contribution is -2.30. The zero-order valence-electron chi connectivity index (χ0n) is 14.1. The number of methoxy groups -OCH3 is 1. The number of phenolic OH excluding ortho intramolecular Hbond substituents is 1. The summed E-state index contributed by atoms with van der Waals surface area (Å²) >= 11 is 1.99. The van der Waals surface area contributed by atoms with E-state index in [9.17, 15) is 14.7 Å². The van der Waals surface area contributed by atoms with Crippen molar-refractivity contribution in [3.8, 4) is 11.5 Å². The van der Waals surface area contributed by atoms with Crippen LogP contribution in [0.4, 0.5) is 0 Å². The number of nitrogens with zero attached hydrogens (tertiary/aromatic N) is 2. The van der Waals surface area contributed by atoms with Crippen LogP contribution in [0.5, 0.6) is 11.5 Å². The van der Waals surface area contributed by atoms with Crippen molar-refractivity contribution in [2.24, 2.45) is 34.2 Å². The predicted molar refractivity (Wildman–Crippen MR) is 102 cm³/mol. The number of rotatable bonds is 3. The number of phenols is 1. The summed E-state index contributed by atoms with van der Waals surface area (Å²) in [5.74, 6) is -0.0663. The highest BCUT2D eigenvalue weighted by molar-refractivity contribution is 14.1. The number of halogens is 1. The van der Waals surface area contributed by atoms with E-state index in [-0.39, 0.29) is 46.7 Å². The normalized spacial score (nSPS) is 32.9. The minimum Gasteiger partial charge on any atom is -0.504 e. The Labute approximate surface area is 164 Å². The Kier molecular flexibility index (Phi) is 3.33. The molecule has 4 aliphatic rings. The number of amides is 2. The summed E-state index contributed by atoms with van der Waals surface area (Å²) < 4.78 is 5.74. The maximum Gasteiger partial charge on any atom is 0.254 e. The molecule has 1 heterocycles. The maximum absolute atomic E-state index is 12.9. The topological polar surface area (TPSA) is 79.2 Å². The molecule has 2 bridgehead atoms. The molecule has 1 saturated heterocycles. The van der Waals surface area contributed by atoms with Crippen LogP contribution >= 0.6 is 22.6 Å². The summed E-state index contributed by atoms with van der Waals surface area (Å²) in [4.78, 5) is 25.7. The number of hydrazone groups is 1. The minimum absolute atomic E-state index is 0.0606. The molecule has 0 aromatic heterocycles. The van der Waals surface area contributed by atoms with E-state index in [1.807, 2.05) is 22.6 Å². The Morgan fingerprint density at radius 3 is 2.38 bits per heavy atom. The third kappa shape index (κ3) is 1.95. The highest BCUT2D eigenvalue weighted by Gasteiger charge is 2.73. The van der Waals surface area contributed by atoms with E-state index in [1.54, 1.807) is 12.1 Å². The summed E-state index contributed by atoms with van der Waals surface area (Å²) in [6.45, 7) is 0. The highest BCUT2D eigenvalue weighted by atomic mass is 127. The molecule has 4 atom stereocenters. The smallest absolute Gasteiger partial charge is 0.254 e. The van der Waals surface area contributed by atoms with Gasteiger partial charge in [0.1, 0.15) is 0 Å². The fraction of sp³-hybridized carbons (Fsp3) is 0.421. The van der Waals surface area contributed by atoms with Gasteiger partial charge in [-0.1, -0.05) is 12.2 Å². The molecule has 0 unspecified atom stereocenters. The maximum atomic E-state index is 12.9. The minimum atomic E-state index is -0.244. The van der Waals surface area contributed by atoms with Crippen LogP contribution in [0.1, 0.15) is 18.4 Å². The molecular weight excluding hydrogens is 447 g/mol. The zero-order valence-corrected chi connectivity index (χ0v) is 16.2. The number of ether oxygens (including phenoxy) is 1. The summed E-state index contributed by atoms with van der Waals surface area (Å²) in [7, 11) is 1.47.